The number of aliphatic hydroxyl groups excluding tert-OH is 1. The van der Waals surface area contributed by atoms with E-state index in [-0.39, 0.29) is 47.9 Å². The Labute approximate surface area is 334 Å². The van der Waals surface area contributed by atoms with Crippen molar-refractivity contribution in [1.82, 2.24) is 4.98 Å². The Morgan fingerprint density at radius 1 is 0.962 bits per heavy atom. The molecule has 1 N–H and O–H groups in total. The number of furan rings is 1. The third-order valence-electron chi connectivity index (χ3n) is 11.7. The Kier molecular flexibility index (Phi) is 13.4. The minimum absolute atomic E-state index is 0. The van der Waals surface area contributed by atoms with E-state index >= 15 is 0 Å². The quantitative estimate of drug-likeness (QED) is 0.0859. The van der Waals surface area contributed by atoms with Crippen molar-refractivity contribution in [1.29, 1.82) is 0 Å². The molecule has 283 valence electrons. The molecule has 6 rings (SSSR count). The van der Waals surface area contributed by atoms with E-state index in [0.29, 0.717) is 17.1 Å². The molecule has 4 nitrogen and oxygen atoms in total. The molecule has 1 aliphatic rings. The number of carbonyl (C=O) groups is 1. The maximum atomic E-state index is 12.2. The van der Waals surface area contributed by atoms with E-state index in [9.17, 15) is 9.90 Å². The molecule has 1 aliphatic heterocycles. The number of benzene rings is 2. The summed E-state index contributed by atoms with van der Waals surface area (Å²) < 4.78 is 7.72. The minimum Gasteiger partial charge on any atom is -0.512 e. The van der Waals surface area contributed by atoms with Gasteiger partial charge in [-0.2, -0.15) is 11.3 Å². The second-order valence-electron chi connectivity index (χ2n) is 16.5. The third kappa shape index (κ3) is 8.14. The summed E-state index contributed by atoms with van der Waals surface area (Å²) in [5.74, 6) is 1.51. The van der Waals surface area contributed by atoms with Crippen LogP contribution >= 0.6 is 23.1 Å². The van der Waals surface area contributed by atoms with Gasteiger partial charge in [-0.25, -0.2) is 0 Å². The number of hydrogen-bond donors (Lipinski definition) is 1. The Bertz CT molecular complexity index is 2060. The molecule has 2 atom stereocenters. The summed E-state index contributed by atoms with van der Waals surface area (Å²) in [4.78, 5) is 18.5. The second kappa shape index (κ2) is 16.5. The zero-order valence-electron chi connectivity index (χ0n) is 33.2. The molecule has 2 aromatic carbocycles. The monoisotopic (exact) mass is 917 g/mol. The van der Waals surface area contributed by atoms with Gasteiger partial charge in [-0.1, -0.05) is 100 Å². The molecular formula is C45H58IrNO3S2-. The van der Waals surface area contributed by atoms with E-state index in [0.717, 1.165) is 53.5 Å². The molecule has 2 unspecified atom stereocenters. The van der Waals surface area contributed by atoms with Crippen molar-refractivity contribution in [3.63, 3.8) is 0 Å². The Morgan fingerprint density at radius 3 is 2.19 bits per heavy atom. The number of aromatic nitrogens is 1. The van der Waals surface area contributed by atoms with Crippen LogP contribution in [0.1, 0.15) is 132 Å². The van der Waals surface area contributed by atoms with Gasteiger partial charge in [0.15, 0.2) is 5.78 Å². The van der Waals surface area contributed by atoms with Crippen LogP contribution in [-0.2, 0) is 30.3 Å². The van der Waals surface area contributed by atoms with Crippen LogP contribution in [0.2, 0.25) is 0 Å². The average molecular weight is 917 g/mol. The summed E-state index contributed by atoms with van der Waals surface area (Å²) in [5, 5.41) is 16.4. The van der Waals surface area contributed by atoms with E-state index in [2.05, 4.69) is 77.3 Å². The second-order valence-corrected chi connectivity index (χ2v) is 18.7. The van der Waals surface area contributed by atoms with Gasteiger partial charge < -0.3 is 9.52 Å². The van der Waals surface area contributed by atoms with Crippen molar-refractivity contribution in [3.05, 3.63) is 70.9 Å². The van der Waals surface area contributed by atoms with Crippen LogP contribution in [0.25, 0.3) is 43.3 Å². The predicted octanol–water partition coefficient (Wildman–Crippen LogP) is 14.2. The summed E-state index contributed by atoms with van der Waals surface area (Å²) in [6.45, 7) is 26.0. The fourth-order valence-corrected chi connectivity index (χ4v) is 9.95. The van der Waals surface area contributed by atoms with Gasteiger partial charge in [0, 0.05) is 69.8 Å². The molecular weight excluding hydrogens is 859 g/mol. The van der Waals surface area contributed by atoms with Crippen molar-refractivity contribution < 1.29 is 34.4 Å². The normalized spacial score (nSPS) is 16.7. The molecule has 0 saturated carbocycles. The number of pyridine rings is 1. The molecule has 7 heteroatoms. The fourth-order valence-electron chi connectivity index (χ4n) is 7.03. The number of thioether (sulfide) groups is 1. The molecule has 0 bridgehead atoms. The molecule has 0 aliphatic carbocycles. The van der Waals surface area contributed by atoms with Crippen molar-refractivity contribution in [3.8, 4) is 11.3 Å². The van der Waals surface area contributed by atoms with Gasteiger partial charge in [0.05, 0.1) is 0 Å². The fraction of sp³-hybridized carbons (Fsp3) is 0.511. The number of aliphatic hydroxyl groups is 1. The van der Waals surface area contributed by atoms with E-state index in [1.165, 1.54) is 44.0 Å². The van der Waals surface area contributed by atoms with E-state index in [4.69, 9.17) is 9.40 Å². The van der Waals surface area contributed by atoms with Crippen LogP contribution in [0.15, 0.2) is 63.1 Å². The Hall–Kier alpha value is -2.44. The van der Waals surface area contributed by atoms with Gasteiger partial charge in [-0.15, -0.1) is 35.3 Å². The third-order valence-corrected chi connectivity index (χ3v) is 14.2. The first-order valence-electron chi connectivity index (χ1n) is 18.9. The largest absolute Gasteiger partial charge is 0.512 e. The van der Waals surface area contributed by atoms with Gasteiger partial charge in [-0.05, 0) is 77.1 Å². The predicted molar refractivity (Wildman–Crippen MR) is 220 cm³/mol. The van der Waals surface area contributed by atoms with E-state index < -0.39 is 0 Å². The van der Waals surface area contributed by atoms with Gasteiger partial charge in [-0.3, -0.25) is 9.78 Å². The van der Waals surface area contributed by atoms with Crippen LogP contribution in [0, 0.1) is 22.8 Å². The van der Waals surface area contributed by atoms with Crippen molar-refractivity contribution >= 4 is 60.9 Å². The number of rotatable bonds is 10. The number of thiophene rings is 1. The Morgan fingerprint density at radius 2 is 1.60 bits per heavy atom. The maximum Gasteiger partial charge on any atom is 0.164 e. The number of ketones is 1. The van der Waals surface area contributed by atoms with Gasteiger partial charge >= 0.3 is 0 Å². The first kappa shape index (κ1) is 42.3. The molecule has 52 heavy (non-hydrogen) atoms. The van der Waals surface area contributed by atoms with Crippen LogP contribution in [0.5, 0.6) is 0 Å². The first-order chi connectivity index (χ1) is 24.0. The summed E-state index contributed by atoms with van der Waals surface area (Å²) in [5.41, 5.74) is 6.13. The van der Waals surface area contributed by atoms with Crippen LogP contribution in [0.4, 0.5) is 0 Å². The average Bonchev–Trinajstić information content (AvgIpc) is 3.81. The van der Waals surface area contributed by atoms with Crippen molar-refractivity contribution in [2.75, 3.05) is 0 Å². The Balaban J connectivity index is 0.000000289. The first-order valence-corrected chi connectivity index (χ1v) is 20.7. The van der Waals surface area contributed by atoms with Crippen molar-refractivity contribution in [2.45, 2.75) is 137 Å². The summed E-state index contributed by atoms with van der Waals surface area (Å²) >= 11 is 3.84. The zero-order valence-corrected chi connectivity index (χ0v) is 37.3. The standard InChI is InChI=1S/C30H30NOS2.C15H28O2.Ir/c1-16(2)13-24-17(3)20-7-8-22-26(29(20)34-24)25-23(32-22)9-11-31-27(25)19-14-18-10-12-33-28(18)21(15-19)30(4,5)6;1-7-14(5,8-2)12(16)11-13(17)15(6,9-3)10-4;/h7-12,15-17,24H,13H2,1-6H3;11,16H,7-10H2,1-6H3;/q-1;;/b;12-11-;. The van der Waals surface area contributed by atoms with Crippen LogP contribution < -0.4 is 0 Å². The SMILES string of the molecule is CC(C)CC1Sc2c(ccc3oc4ccnc(-c5[c-]c6ccsc6c(C(C)(C)C)c5)c4c23)C1C.CCC(C)(CC)C(=O)/C=C(\O)C(C)(CC)CC.[Ir]. The molecule has 1 radical (unpaired) electrons. The number of fused-ring (bicyclic) bond motifs is 6. The molecule has 3 aromatic heterocycles. The van der Waals surface area contributed by atoms with Gasteiger partial charge in [0.1, 0.15) is 16.9 Å². The minimum atomic E-state index is -0.337. The molecule has 5 aromatic rings. The van der Waals surface area contributed by atoms with Gasteiger partial charge in [0.2, 0.25) is 0 Å². The molecule has 0 amide bonds. The number of nitrogens with zero attached hydrogens (tertiary/aromatic N) is 1. The van der Waals surface area contributed by atoms with Crippen LogP contribution in [-0.4, -0.2) is 21.1 Å². The number of carbonyl (C=O) groups excluding carboxylic acids is 1. The molecule has 0 fully saturated rings. The summed E-state index contributed by atoms with van der Waals surface area (Å²) in [6, 6.07) is 14.6. The molecule has 0 spiro atoms. The van der Waals surface area contributed by atoms with Crippen LogP contribution in [0.3, 0.4) is 0 Å². The number of allylic oxidation sites excluding steroid dienone is 2. The van der Waals surface area contributed by atoms with E-state index in [1.54, 1.807) is 11.3 Å². The van der Waals surface area contributed by atoms with Crippen molar-refractivity contribution in [2.24, 2.45) is 16.7 Å². The topological polar surface area (TPSA) is 63.3 Å². The smallest absolute Gasteiger partial charge is 0.164 e. The summed E-state index contributed by atoms with van der Waals surface area (Å²) in [6.07, 6.45) is 7.85. The van der Waals surface area contributed by atoms with Gasteiger partial charge in [0.25, 0.3) is 0 Å². The summed E-state index contributed by atoms with van der Waals surface area (Å²) in [7, 11) is 0. The molecule has 4 heterocycles. The molecule has 0 saturated heterocycles. The number of hydrogen-bond acceptors (Lipinski definition) is 6. The maximum absolute atomic E-state index is 12.2. The zero-order chi connectivity index (χ0) is 37.5. The van der Waals surface area contributed by atoms with E-state index in [1.807, 2.05) is 65.6 Å².